The average molecular weight is 145 g/mol. The molecule has 0 saturated heterocycles. The monoisotopic (exact) mass is 145 g/mol. The lowest BCUT2D eigenvalue weighted by molar-refractivity contribution is 0.196. The Morgan fingerprint density at radius 2 is 2.11 bits per heavy atom. The first-order valence-electron chi connectivity index (χ1n) is 3.22. The molecule has 1 aliphatic carbocycles. The van der Waals surface area contributed by atoms with Gasteiger partial charge in [-0.25, -0.2) is 0 Å². The predicted octanol–water partition coefficient (Wildman–Crippen LogP) is 1.82. The van der Waals surface area contributed by atoms with Gasteiger partial charge < -0.3 is 4.84 Å². The first-order chi connectivity index (χ1) is 4.43. The van der Waals surface area contributed by atoms with Gasteiger partial charge in [-0.1, -0.05) is 5.16 Å². The lowest BCUT2D eigenvalue weighted by atomic mass is 10.3. The molecule has 0 aromatic rings. The van der Waals surface area contributed by atoms with Crippen LogP contribution in [0.2, 0.25) is 0 Å². The van der Waals surface area contributed by atoms with Crippen molar-refractivity contribution < 1.29 is 4.84 Å². The Labute approximate surface area is 60.7 Å². The number of hydrogen-bond acceptors (Lipinski definition) is 3. The summed E-state index contributed by atoms with van der Waals surface area (Å²) in [4.78, 5) is 4.77. The van der Waals surface area contributed by atoms with Crippen LogP contribution in [0.25, 0.3) is 0 Å². The summed E-state index contributed by atoms with van der Waals surface area (Å²) in [6, 6.07) is 0. The molecule has 1 aliphatic rings. The van der Waals surface area contributed by atoms with Crippen LogP contribution in [0, 0.1) is 0 Å². The number of rotatable bonds is 2. The van der Waals surface area contributed by atoms with Crippen molar-refractivity contribution in [1.82, 2.24) is 0 Å². The molecule has 0 amide bonds. The van der Waals surface area contributed by atoms with Gasteiger partial charge in [0.05, 0.1) is 5.71 Å². The summed E-state index contributed by atoms with van der Waals surface area (Å²) in [6.07, 6.45) is 4.78. The molecule has 0 aromatic heterocycles. The van der Waals surface area contributed by atoms with Gasteiger partial charge in [-0.05, 0) is 25.7 Å². The van der Waals surface area contributed by atoms with Crippen LogP contribution in [0.5, 0.6) is 0 Å². The van der Waals surface area contributed by atoms with Gasteiger partial charge in [-0.3, -0.25) is 0 Å². The summed E-state index contributed by atoms with van der Waals surface area (Å²) < 4.78 is 0. The number of nitrogens with zero attached hydrogens (tertiary/aromatic N) is 1. The van der Waals surface area contributed by atoms with Gasteiger partial charge in [0, 0.05) is 0 Å². The van der Waals surface area contributed by atoms with Crippen LogP contribution in [-0.2, 0) is 4.84 Å². The van der Waals surface area contributed by atoms with Gasteiger partial charge in [0.2, 0.25) is 0 Å². The molecule has 1 saturated carbocycles. The zero-order valence-corrected chi connectivity index (χ0v) is 6.23. The molecule has 0 bridgehead atoms. The molecule has 0 atom stereocenters. The molecule has 0 heterocycles. The topological polar surface area (TPSA) is 21.6 Å². The van der Waals surface area contributed by atoms with Crippen molar-refractivity contribution in [3.05, 3.63) is 0 Å². The quantitative estimate of drug-likeness (QED) is 0.357. The molecule has 0 unspecified atom stereocenters. The van der Waals surface area contributed by atoms with Gasteiger partial charge in [0.1, 0.15) is 0 Å². The molecule has 9 heavy (non-hydrogen) atoms. The Balaban J connectivity index is 2.22. The molecule has 0 aliphatic heterocycles. The molecule has 0 spiro atoms. The Hall–Kier alpha value is -0.180. The lowest BCUT2D eigenvalue weighted by Crippen LogP contribution is -1.89. The molecule has 0 N–H and O–H groups in total. The summed E-state index contributed by atoms with van der Waals surface area (Å²) in [5.74, 6) is 0.392. The van der Waals surface area contributed by atoms with E-state index in [0.717, 1.165) is 12.8 Å². The maximum atomic E-state index is 4.77. The molecular formula is C6H11NOS. The fraction of sp³-hybridized carbons (Fsp3) is 0.833. The Morgan fingerprint density at radius 3 is 2.67 bits per heavy atom. The van der Waals surface area contributed by atoms with Crippen LogP contribution in [-0.4, -0.2) is 11.7 Å². The Bertz CT molecular complexity index is 106. The summed E-state index contributed by atoms with van der Waals surface area (Å²) in [5.41, 5.74) is 1.20. The first-order valence-corrected chi connectivity index (χ1v) is 3.85. The molecule has 1 rings (SSSR count). The Morgan fingerprint density at radius 1 is 1.44 bits per heavy atom. The number of oxime groups is 1. The van der Waals surface area contributed by atoms with Crippen molar-refractivity contribution in [2.24, 2.45) is 5.16 Å². The van der Waals surface area contributed by atoms with E-state index in [0.29, 0.717) is 5.94 Å². The Kier molecular flexibility index (Phi) is 2.91. The molecule has 52 valence electrons. The summed E-state index contributed by atoms with van der Waals surface area (Å²) in [6.45, 7) is 0. The standard InChI is InChI=1S/C6H11NOS/c9-5-8-7-6-3-1-2-4-6/h9H,1-5H2. The SMILES string of the molecule is SCON=C1CCCC1. The summed E-state index contributed by atoms with van der Waals surface area (Å²) >= 11 is 3.86. The highest BCUT2D eigenvalue weighted by Crippen LogP contribution is 2.14. The van der Waals surface area contributed by atoms with Gasteiger partial charge in [-0.15, -0.1) is 12.6 Å². The van der Waals surface area contributed by atoms with Crippen LogP contribution in [0.4, 0.5) is 0 Å². The molecular weight excluding hydrogens is 134 g/mol. The minimum atomic E-state index is 0.392. The molecule has 0 aromatic carbocycles. The maximum absolute atomic E-state index is 4.77. The van der Waals surface area contributed by atoms with Gasteiger partial charge in [0.15, 0.2) is 5.94 Å². The fourth-order valence-electron chi connectivity index (χ4n) is 0.995. The van der Waals surface area contributed by atoms with Crippen molar-refractivity contribution in [2.45, 2.75) is 25.7 Å². The number of hydrogen-bond donors (Lipinski definition) is 1. The van der Waals surface area contributed by atoms with E-state index in [9.17, 15) is 0 Å². The second-order valence-electron chi connectivity index (χ2n) is 2.12. The van der Waals surface area contributed by atoms with E-state index < -0.39 is 0 Å². The van der Waals surface area contributed by atoms with Crippen molar-refractivity contribution in [3.8, 4) is 0 Å². The van der Waals surface area contributed by atoms with Gasteiger partial charge in [-0.2, -0.15) is 0 Å². The van der Waals surface area contributed by atoms with Crippen LogP contribution >= 0.6 is 12.6 Å². The summed E-state index contributed by atoms with van der Waals surface area (Å²) in [7, 11) is 0. The number of thiol groups is 1. The predicted molar refractivity (Wildman–Crippen MR) is 40.8 cm³/mol. The highest BCUT2D eigenvalue weighted by molar-refractivity contribution is 7.80. The smallest absolute Gasteiger partial charge is 0.160 e. The van der Waals surface area contributed by atoms with E-state index in [4.69, 9.17) is 4.84 Å². The third kappa shape index (κ3) is 2.26. The van der Waals surface area contributed by atoms with Crippen molar-refractivity contribution >= 4 is 18.3 Å². The average Bonchev–Trinajstić information content (AvgIpc) is 2.34. The van der Waals surface area contributed by atoms with E-state index in [1.807, 2.05) is 0 Å². The van der Waals surface area contributed by atoms with Crippen molar-refractivity contribution in [2.75, 3.05) is 5.94 Å². The minimum Gasteiger partial charge on any atom is -0.385 e. The van der Waals surface area contributed by atoms with E-state index in [2.05, 4.69) is 17.8 Å². The van der Waals surface area contributed by atoms with E-state index in [-0.39, 0.29) is 0 Å². The second-order valence-corrected chi connectivity index (χ2v) is 2.38. The zero-order chi connectivity index (χ0) is 6.53. The van der Waals surface area contributed by atoms with Gasteiger partial charge in [0.25, 0.3) is 0 Å². The van der Waals surface area contributed by atoms with E-state index >= 15 is 0 Å². The van der Waals surface area contributed by atoms with Crippen LogP contribution in [0.1, 0.15) is 25.7 Å². The molecule has 3 heteroatoms. The largest absolute Gasteiger partial charge is 0.385 e. The van der Waals surface area contributed by atoms with Gasteiger partial charge >= 0.3 is 0 Å². The third-order valence-corrected chi connectivity index (χ3v) is 1.55. The highest BCUT2D eigenvalue weighted by Gasteiger charge is 2.07. The van der Waals surface area contributed by atoms with E-state index in [1.165, 1.54) is 18.6 Å². The molecule has 0 radical (unpaired) electrons. The molecule has 1 fully saturated rings. The normalized spacial score (nSPS) is 18.1. The molecule has 2 nitrogen and oxygen atoms in total. The van der Waals surface area contributed by atoms with Crippen LogP contribution in [0.3, 0.4) is 0 Å². The minimum absolute atomic E-state index is 0.392. The first kappa shape index (κ1) is 6.93. The van der Waals surface area contributed by atoms with Crippen molar-refractivity contribution in [1.29, 1.82) is 0 Å². The van der Waals surface area contributed by atoms with E-state index in [1.54, 1.807) is 0 Å². The maximum Gasteiger partial charge on any atom is 0.160 e. The van der Waals surface area contributed by atoms with Crippen LogP contribution in [0.15, 0.2) is 5.16 Å². The summed E-state index contributed by atoms with van der Waals surface area (Å²) in [5, 5.41) is 3.88. The fourth-order valence-corrected chi connectivity index (χ4v) is 1.05. The second kappa shape index (κ2) is 3.77. The lowest BCUT2D eigenvalue weighted by Gasteiger charge is -1.93. The third-order valence-electron chi connectivity index (χ3n) is 1.43. The van der Waals surface area contributed by atoms with Crippen LogP contribution < -0.4 is 0 Å². The highest BCUT2D eigenvalue weighted by atomic mass is 32.1. The zero-order valence-electron chi connectivity index (χ0n) is 5.34. The van der Waals surface area contributed by atoms with Crippen molar-refractivity contribution in [3.63, 3.8) is 0 Å².